The standard InChI is InChI=1S/C18H24O4/c1-18(2,3)22-16(19)10-12-5-6-13-7-8-14(17(20)21-4)11-15(13)9-12/h7-8,11-12H,5-6,9-10H2,1-4H3. The van der Waals surface area contributed by atoms with E-state index in [0.29, 0.717) is 12.0 Å². The zero-order chi connectivity index (χ0) is 16.3. The first-order valence-corrected chi connectivity index (χ1v) is 7.70. The zero-order valence-electron chi connectivity index (χ0n) is 13.8. The Labute approximate surface area is 131 Å². The van der Waals surface area contributed by atoms with Crippen molar-refractivity contribution < 1.29 is 19.1 Å². The van der Waals surface area contributed by atoms with Gasteiger partial charge in [-0.15, -0.1) is 0 Å². The third-order valence-corrected chi connectivity index (χ3v) is 3.83. The fourth-order valence-corrected chi connectivity index (χ4v) is 2.87. The van der Waals surface area contributed by atoms with Crippen LogP contribution in [0.15, 0.2) is 18.2 Å². The van der Waals surface area contributed by atoms with Crippen molar-refractivity contribution in [2.24, 2.45) is 5.92 Å². The fourth-order valence-electron chi connectivity index (χ4n) is 2.87. The average Bonchev–Trinajstić information content (AvgIpc) is 2.43. The van der Waals surface area contributed by atoms with E-state index >= 15 is 0 Å². The van der Waals surface area contributed by atoms with Gasteiger partial charge in [0.1, 0.15) is 5.60 Å². The van der Waals surface area contributed by atoms with Gasteiger partial charge in [-0.1, -0.05) is 6.07 Å². The fraction of sp³-hybridized carbons (Fsp3) is 0.556. The molecule has 1 unspecified atom stereocenters. The molecule has 0 fully saturated rings. The van der Waals surface area contributed by atoms with Gasteiger partial charge in [-0.25, -0.2) is 4.79 Å². The predicted molar refractivity (Wildman–Crippen MR) is 83.8 cm³/mol. The molecule has 1 aliphatic carbocycles. The maximum Gasteiger partial charge on any atom is 0.337 e. The number of benzene rings is 1. The van der Waals surface area contributed by atoms with Crippen LogP contribution >= 0.6 is 0 Å². The molecular formula is C18H24O4. The molecule has 1 aromatic rings. The van der Waals surface area contributed by atoms with Gasteiger partial charge < -0.3 is 9.47 Å². The topological polar surface area (TPSA) is 52.6 Å². The maximum atomic E-state index is 12.0. The quantitative estimate of drug-likeness (QED) is 0.804. The Hall–Kier alpha value is -1.84. The molecular weight excluding hydrogens is 280 g/mol. The first kappa shape index (κ1) is 16.5. The monoisotopic (exact) mass is 304 g/mol. The van der Waals surface area contributed by atoms with E-state index in [-0.39, 0.29) is 17.9 Å². The molecule has 0 bridgehead atoms. The number of aryl methyl sites for hydroxylation is 1. The number of hydrogen-bond donors (Lipinski definition) is 0. The van der Waals surface area contributed by atoms with Crippen molar-refractivity contribution in [1.82, 2.24) is 0 Å². The van der Waals surface area contributed by atoms with Crippen molar-refractivity contribution in [3.63, 3.8) is 0 Å². The Morgan fingerprint density at radius 3 is 2.59 bits per heavy atom. The lowest BCUT2D eigenvalue weighted by Gasteiger charge is -2.26. The van der Waals surface area contributed by atoms with Crippen LogP contribution in [0.3, 0.4) is 0 Å². The van der Waals surface area contributed by atoms with Crippen LogP contribution in [-0.2, 0) is 27.1 Å². The van der Waals surface area contributed by atoms with Gasteiger partial charge in [0.2, 0.25) is 0 Å². The van der Waals surface area contributed by atoms with Gasteiger partial charge in [0.05, 0.1) is 12.7 Å². The molecule has 0 aromatic heterocycles. The number of ether oxygens (including phenoxy) is 2. The first-order chi connectivity index (χ1) is 10.3. The lowest BCUT2D eigenvalue weighted by Crippen LogP contribution is -2.26. The van der Waals surface area contributed by atoms with E-state index < -0.39 is 5.60 Å². The normalized spacial score (nSPS) is 17.5. The van der Waals surface area contributed by atoms with Crippen LogP contribution in [0.5, 0.6) is 0 Å². The summed E-state index contributed by atoms with van der Waals surface area (Å²) < 4.78 is 10.2. The second-order valence-corrected chi connectivity index (χ2v) is 6.87. The maximum absolute atomic E-state index is 12.0. The SMILES string of the molecule is COC(=O)c1ccc2c(c1)CC(CC(=O)OC(C)(C)C)CC2. The van der Waals surface area contributed by atoms with Crippen LogP contribution in [0.1, 0.15) is 55.1 Å². The van der Waals surface area contributed by atoms with Gasteiger partial charge in [0, 0.05) is 6.42 Å². The lowest BCUT2D eigenvalue weighted by molar-refractivity contribution is -0.156. The molecule has 0 radical (unpaired) electrons. The summed E-state index contributed by atoms with van der Waals surface area (Å²) in [5.41, 5.74) is 2.52. The number of carbonyl (C=O) groups excluding carboxylic acids is 2. The van der Waals surface area contributed by atoms with Crippen molar-refractivity contribution in [3.05, 3.63) is 34.9 Å². The third-order valence-electron chi connectivity index (χ3n) is 3.83. The summed E-state index contributed by atoms with van der Waals surface area (Å²) in [6, 6.07) is 5.69. The summed E-state index contributed by atoms with van der Waals surface area (Å²) in [5, 5.41) is 0. The number of esters is 2. The summed E-state index contributed by atoms with van der Waals surface area (Å²) in [6.45, 7) is 5.64. The molecule has 0 heterocycles. The average molecular weight is 304 g/mol. The molecule has 0 N–H and O–H groups in total. The Balaban J connectivity index is 2.04. The molecule has 4 heteroatoms. The van der Waals surface area contributed by atoms with E-state index in [1.165, 1.54) is 12.7 Å². The second kappa shape index (κ2) is 6.51. The van der Waals surface area contributed by atoms with Gasteiger partial charge >= 0.3 is 11.9 Å². The van der Waals surface area contributed by atoms with Crippen molar-refractivity contribution in [2.45, 2.75) is 52.1 Å². The summed E-state index contributed by atoms with van der Waals surface area (Å²) in [7, 11) is 1.38. The highest BCUT2D eigenvalue weighted by atomic mass is 16.6. The molecule has 0 aliphatic heterocycles. The van der Waals surface area contributed by atoms with Crippen molar-refractivity contribution in [1.29, 1.82) is 0 Å². The molecule has 120 valence electrons. The molecule has 0 saturated heterocycles. The Morgan fingerprint density at radius 2 is 1.95 bits per heavy atom. The highest BCUT2D eigenvalue weighted by Crippen LogP contribution is 2.29. The second-order valence-electron chi connectivity index (χ2n) is 6.87. The van der Waals surface area contributed by atoms with Crippen LogP contribution < -0.4 is 0 Å². The van der Waals surface area contributed by atoms with E-state index in [9.17, 15) is 9.59 Å². The van der Waals surface area contributed by atoms with Crippen LogP contribution in [0, 0.1) is 5.92 Å². The van der Waals surface area contributed by atoms with E-state index in [1.807, 2.05) is 32.9 Å². The molecule has 1 aromatic carbocycles. The molecule has 4 nitrogen and oxygen atoms in total. The van der Waals surface area contributed by atoms with Crippen molar-refractivity contribution in [3.8, 4) is 0 Å². The molecule has 0 amide bonds. The molecule has 1 atom stereocenters. The molecule has 0 saturated carbocycles. The van der Waals surface area contributed by atoms with E-state index in [4.69, 9.17) is 9.47 Å². The first-order valence-electron chi connectivity index (χ1n) is 7.70. The molecule has 0 spiro atoms. The molecule has 1 aliphatic rings. The Morgan fingerprint density at radius 1 is 1.23 bits per heavy atom. The van der Waals surface area contributed by atoms with Crippen LogP contribution in [-0.4, -0.2) is 24.6 Å². The number of carbonyl (C=O) groups is 2. The number of methoxy groups -OCH3 is 1. The molecule has 22 heavy (non-hydrogen) atoms. The van der Waals surface area contributed by atoms with Gasteiger partial charge in [0.25, 0.3) is 0 Å². The molecule has 2 rings (SSSR count). The zero-order valence-corrected chi connectivity index (χ0v) is 13.8. The smallest absolute Gasteiger partial charge is 0.337 e. The summed E-state index contributed by atoms with van der Waals surface area (Å²) >= 11 is 0. The summed E-state index contributed by atoms with van der Waals surface area (Å²) in [4.78, 5) is 23.6. The number of fused-ring (bicyclic) bond motifs is 1. The van der Waals surface area contributed by atoms with Gasteiger partial charge in [-0.2, -0.15) is 0 Å². The highest BCUT2D eigenvalue weighted by molar-refractivity contribution is 5.89. The van der Waals surface area contributed by atoms with Gasteiger partial charge in [-0.3, -0.25) is 4.79 Å². The third kappa shape index (κ3) is 4.33. The van der Waals surface area contributed by atoms with E-state index in [0.717, 1.165) is 24.8 Å². The minimum atomic E-state index is -0.443. The number of hydrogen-bond acceptors (Lipinski definition) is 4. The number of rotatable bonds is 3. The van der Waals surface area contributed by atoms with Gasteiger partial charge in [0.15, 0.2) is 0 Å². The minimum Gasteiger partial charge on any atom is -0.465 e. The van der Waals surface area contributed by atoms with Crippen LogP contribution in [0.4, 0.5) is 0 Å². The Kier molecular flexibility index (Phi) is 4.89. The van der Waals surface area contributed by atoms with E-state index in [2.05, 4.69) is 0 Å². The largest absolute Gasteiger partial charge is 0.465 e. The van der Waals surface area contributed by atoms with Crippen LogP contribution in [0.25, 0.3) is 0 Å². The predicted octanol–water partition coefficient (Wildman–Crippen LogP) is 3.31. The summed E-state index contributed by atoms with van der Waals surface area (Å²) in [6.07, 6.45) is 3.15. The highest BCUT2D eigenvalue weighted by Gasteiger charge is 2.25. The Bertz CT molecular complexity index is 569. The van der Waals surface area contributed by atoms with E-state index in [1.54, 1.807) is 6.07 Å². The van der Waals surface area contributed by atoms with Crippen molar-refractivity contribution in [2.75, 3.05) is 7.11 Å². The van der Waals surface area contributed by atoms with Crippen LogP contribution in [0.2, 0.25) is 0 Å². The van der Waals surface area contributed by atoms with Gasteiger partial charge in [-0.05, 0) is 69.2 Å². The van der Waals surface area contributed by atoms with Crippen molar-refractivity contribution >= 4 is 11.9 Å². The minimum absolute atomic E-state index is 0.148. The lowest BCUT2D eigenvalue weighted by atomic mass is 9.81. The summed E-state index contributed by atoms with van der Waals surface area (Å²) in [5.74, 6) is -0.197.